The number of ether oxygens (including phenoxy) is 1. The highest BCUT2D eigenvalue weighted by Gasteiger charge is 2.15. The molecule has 0 spiro atoms. The number of hydrogen-bond acceptors (Lipinski definition) is 6. The van der Waals surface area contributed by atoms with Crippen molar-refractivity contribution in [2.24, 2.45) is 5.92 Å². The van der Waals surface area contributed by atoms with Crippen molar-refractivity contribution in [2.75, 3.05) is 7.11 Å². The smallest absolute Gasteiger partial charge is 0.373 e. The summed E-state index contributed by atoms with van der Waals surface area (Å²) < 4.78 is 11.8. The van der Waals surface area contributed by atoms with Gasteiger partial charge in [-0.3, -0.25) is 9.36 Å². The maximum Gasteiger partial charge on any atom is 0.373 e. The van der Waals surface area contributed by atoms with Gasteiger partial charge in [0.2, 0.25) is 5.76 Å². The van der Waals surface area contributed by atoms with Crippen molar-refractivity contribution in [1.82, 2.24) is 9.55 Å². The zero-order valence-electron chi connectivity index (χ0n) is 15.2. The van der Waals surface area contributed by atoms with E-state index in [1.54, 1.807) is 34.9 Å². The van der Waals surface area contributed by atoms with Crippen molar-refractivity contribution >= 4 is 40.2 Å². The molecule has 3 aromatic rings. The highest BCUT2D eigenvalue weighted by Crippen LogP contribution is 2.25. The molecule has 0 radical (unpaired) electrons. The molecule has 142 valence electrons. The molecular weight excluding hydrogens is 388 g/mol. The summed E-state index contributed by atoms with van der Waals surface area (Å²) in [4.78, 5) is 29.1. The molecule has 0 fully saturated rings. The van der Waals surface area contributed by atoms with Gasteiger partial charge in [0.15, 0.2) is 5.16 Å². The molecule has 0 aliphatic rings. The second-order valence-electron chi connectivity index (χ2n) is 6.41. The van der Waals surface area contributed by atoms with Gasteiger partial charge in [-0.15, -0.1) is 0 Å². The Balaban J connectivity index is 1.94. The molecule has 0 N–H and O–H groups in total. The van der Waals surface area contributed by atoms with Gasteiger partial charge >= 0.3 is 5.97 Å². The minimum Gasteiger partial charge on any atom is -0.463 e. The van der Waals surface area contributed by atoms with E-state index >= 15 is 0 Å². The van der Waals surface area contributed by atoms with E-state index in [9.17, 15) is 9.59 Å². The van der Waals surface area contributed by atoms with Crippen LogP contribution in [-0.4, -0.2) is 22.6 Å². The summed E-state index contributed by atoms with van der Waals surface area (Å²) in [7, 11) is 1.30. The fourth-order valence-corrected chi connectivity index (χ4v) is 3.69. The number of benzene rings is 1. The molecule has 2 aromatic heterocycles. The van der Waals surface area contributed by atoms with Gasteiger partial charge < -0.3 is 9.15 Å². The number of hydrogen-bond donors (Lipinski definition) is 0. The molecule has 0 bridgehead atoms. The predicted octanol–water partition coefficient (Wildman–Crippen LogP) is 4.38. The Morgan fingerprint density at radius 3 is 2.81 bits per heavy atom. The number of furan rings is 1. The third-order valence-corrected chi connectivity index (χ3v) is 5.05. The molecule has 0 amide bonds. The molecule has 1 aromatic carbocycles. The van der Waals surface area contributed by atoms with Crippen molar-refractivity contribution in [3.8, 4) is 0 Å². The van der Waals surface area contributed by atoms with Crippen LogP contribution in [0.15, 0.2) is 44.7 Å². The first-order chi connectivity index (χ1) is 12.9. The zero-order chi connectivity index (χ0) is 19.6. The summed E-state index contributed by atoms with van der Waals surface area (Å²) >= 11 is 7.42. The number of carbonyl (C=O) groups excluding carboxylic acids is 1. The van der Waals surface area contributed by atoms with Crippen molar-refractivity contribution < 1.29 is 13.9 Å². The molecule has 3 rings (SSSR count). The van der Waals surface area contributed by atoms with Gasteiger partial charge in [-0.25, -0.2) is 9.78 Å². The fourth-order valence-electron chi connectivity index (χ4n) is 2.61. The van der Waals surface area contributed by atoms with E-state index in [1.807, 2.05) is 13.8 Å². The SMILES string of the molecule is COC(=O)c1ccc(CSc2nc3ccc(Cl)cc3c(=O)n2CC(C)C)o1. The lowest BCUT2D eigenvalue weighted by Gasteiger charge is -2.14. The summed E-state index contributed by atoms with van der Waals surface area (Å²) in [6.45, 7) is 4.62. The van der Waals surface area contributed by atoms with E-state index < -0.39 is 5.97 Å². The fraction of sp³-hybridized carbons (Fsp3) is 0.316. The second kappa shape index (κ2) is 8.19. The van der Waals surface area contributed by atoms with E-state index in [2.05, 4.69) is 9.72 Å². The maximum absolute atomic E-state index is 12.9. The van der Waals surface area contributed by atoms with E-state index in [0.29, 0.717) is 39.1 Å². The van der Waals surface area contributed by atoms with Crippen molar-refractivity contribution in [1.29, 1.82) is 0 Å². The van der Waals surface area contributed by atoms with E-state index in [4.69, 9.17) is 16.0 Å². The number of halogens is 1. The van der Waals surface area contributed by atoms with Crippen LogP contribution in [0.3, 0.4) is 0 Å². The first-order valence-electron chi connectivity index (χ1n) is 8.39. The average molecular weight is 407 g/mol. The summed E-state index contributed by atoms with van der Waals surface area (Å²) in [5.41, 5.74) is 0.481. The Hall–Kier alpha value is -2.25. The Labute approximate surface area is 165 Å². The molecule has 27 heavy (non-hydrogen) atoms. The number of fused-ring (bicyclic) bond motifs is 1. The van der Waals surface area contributed by atoms with Crippen LogP contribution in [0.5, 0.6) is 0 Å². The Kier molecular flexibility index (Phi) is 5.92. The van der Waals surface area contributed by atoms with Gasteiger partial charge in [-0.2, -0.15) is 0 Å². The van der Waals surface area contributed by atoms with Crippen LogP contribution in [0.4, 0.5) is 0 Å². The summed E-state index contributed by atoms with van der Waals surface area (Å²) in [5, 5.41) is 1.60. The monoisotopic (exact) mass is 406 g/mol. The van der Waals surface area contributed by atoms with Crippen molar-refractivity contribution in [3.63, 3.8) is 0 Å². The summed E-state index contributed by atoms with van der Waals surface area (Å²) in [6.07, 6.45) is 0. The molecule has 0 atom stereocenters. The zero-order valence-corrected chi connectivity index (χ0v) is 16.8. The number of aromatic nitrogens is 2. The van der Waals surface area contributed by atoms with Crippen molar-refractivity contribution in [2.45, 2.75) is 31.3 Å². The first kappa shape index (κ1) is 19.5. The lowest BCUT2D eigenvalue weighted by atomic mass is 10.2. The highest BCUT2D eigenvalue weighted by atomic mass is 35.5. The van der Waals surface area contributed by atoms with Gasteiger partial charge in [0.05, 0.1) is 23.8 Å². The Morgan fingerprint density at radius 2 is 2.11 bits per heavy atom. The minimum absolute atomic E-state index is 0.117. The van der Waals surface area contributed by atoms with Gasteiger partial charge in [-0.05, 0) is 36.2 Å². The van der Waals surface area contributed by atoms with Crippen LogP contribution in [0.1, 0.15) is 30.2 Å². The van der Waals surface area contributed by atoms with Crippen LogP contribution < -0.4 is 5.56 Å². The van der Waals surface area contributed by atoms with E-state index in [1.165, 1.54) is 18.9 Å². The highest BCUT2D eigenvalue weighted by molar-refractivity contribution is 7.98. The van der Waals surface area contributed by atoms with Crippen LogP contribution in [-0.2, 0) is 17.0 Å². The van der Waals surface area contributed by atoms with Crippen LogP contribution in [0.2, 0.25) is 5.02 Å². The minimum atomic E-state index is -0.524. The van der Waals surface area contributed by atoms with E-state index in [-0.39, 0.29) is 17.2 Å². The van der Waals surface area contributed by atoms with Gasteiger partial charge in [0, 0.05) is 11.6 Å². The number of carbonyl (C=O) groups is 1. The molecule has 0 aliphatic carbocycles. The average Bonchev–Trinajstić information content (AvgIpc) is 3.11. The van der Waals surface area contributed by atoms with Crippen LogP contribution in [0, 0.1) is 5.92 Å². The summed E-state index contributed by atoms with van der Waals surface area (Å²) in [5.74, 6) is 0.926. The molecule has 6 nitrogen and oxygen atoms in total. The number of thioether (sulfide) groups is 1. The van der Waals surface area contributed by atoms with E-state index in [0.717, 1.165) is 0 Å². The normalized spacial score (nSPS) is 11.3. The number of rotatable bonds is 6. The summed E-state index contributed by atoms with van der Waals surface area (Å²) in [6, 6.07) is 8.38. The van der Waals surface area contributed by atoms with Crippen LogP contribution in [0.25, 0.3) is 10.9 Å². The largest absolute Gasteiger partial charge is 0.463 e. The first-order valence-corrected chi connectivity index (χ1v) is 9.75. The third kappa shape index (κ3) is 4.36. The van der Waals surface area contributed by atoms with Gasteiger partial charge in [0.1, 0.15) is 5.76 Å². The number of nitrogens with zero attached hydrogens (tertiary/aromatic N) is 2. The molecule has 0 unspecified atom stereocenters. The predicted molar refractivity (Wildman–Crippen MR) is 105 cm³/mol. The molecule has 0 aliphatic heterocycles. The Morgan fingerprint density at radius 1 is 1.33 bits per heavy atom. The number of esters is 1. The topological polar surface area (TPSA) is 74.3 Å². The van der Waals surface area contributed by atoms with Gasteiger partial charge in [0.25, 0.3) is 5.56 Å². The lowest BCUT2D eigenvalue weighted by molar-refractivity contribution is 0.0563. The molecule has 8 heteroatoms. The maximum atomic E-state index is 12.9. The second-order valence-corrected chi connectivity index (χ2v) is 7.79. The molecule has 0 saturated heterocycles. The molecule has 2 heterocycles. The molecular formula is C19H19ClN2O4S. The lowest BCUT2D eigenvalue weighted by Crippen LogP contribution is -2.25. The Bertz CT molecular complexity index is 1040. The standard InChI is InChI=1S/C19H19ClN2O4S/c1-11(2)9-22-17(23)14-8-12(20)4-6-15(14)21-19(22)27-10-13-5-7-16(26-13)18(24)25-3/h4-8,11H,9-10H2,1-3H3. The third-order valence-electron chi connectivity index (χ3n) is 3.82. The van der Waals surface area contributed by atoms with Crippen molar-refractivity contribution in [3.05, 3.63) is 57.2 Å². The quantitative estimate of drug-likeness (QED) is 0.343. The van der Waals surface area contributed by atoms with Gasteiger partial charge in [-0.1, -0.05) is 37.2 Å². The molecule has 0 saturated carbocycles. The van der Waals surface area contributed by atoms with Crippen LogP contribution >= 0.6 is 23.4 Å². The number of methoxy groups -OCH3 is 1.